The molecule has 2 aromatic carbocycles. The largest absolute Gasteiger partial charge is 0.393 e. The van der Waals surface area contributed by atoms with Gasteiger partial charge in [0.2, 0.25) is 0 Å². The van der Waals surface area contributed by atoms with Gasteiger partial charge in [-0.25, -0.2) is 8.78 Å². The number of anilines is 2. The van der Waals surface area contributed by atoms with Gasteiger partial charge in [-0.1, -0.05) is 24.0 Å². The van der Waals surface area contributed by atoms with Gasteiger partial charge >= 0.3 is 6.18 Å². The van der Waals surface area contributed by atoms with Crippen LogP contribution < -0.4 is 15.9 Å². The molecule has 1 aliphatic heterocycles. The van der Waals surface area contributed by atoms with Crippen molar-refractivity contribution in [2.24, 2.45) is 0 Å². The van der Waals surface area contributed by atoms with Crippen molar-refractivity contribution in [1.29, 1.82) is 0 Å². The zero-order chi connectivity index (χ0) is 27.7. The Morgan fingerprint density at radius 1 is 1.16 bits per heavy atom. The molecule has 4 nitrogen and oxygen atoms in total. The molecule has 38 heavy (non-hydrogen) atoms. The fourth-order valence-corrected chi connectivity index (χ4v) is 6.48. The lowest BCUT2D eigenvalue weighted by molar-refractivity contribution is -0.126. The second kappa shape index (κ2) is 10.9. The lowest BCUT2D eigenvalue weighted by atomic mass is 10.0. The van der Waals surface area contributed by atoms with Crippen LogP contribution in [-0.4, -0.2) is 63.1 Å². The molecule has 1 saturated heterocycles. The van der Waals surface area contributed by atoms with Gasteiger partial charge in [-0.3, -0.25) is 0 Å². The first-order valence-corrected chi connectivity index (χ1v) is 15.5. The number of alkyl halides is 5. The van der Waals surface area contributed by atoms with E-state index in [1.54, 1.807) is 67.7 Å². The van der Waals surface area contributed by atoms with Crippen molar-refractivity contribution < 1.29 is 26.5 Å². The lowest BCUT2D eigenvalue weighted by Crippen LogP contribution is -2.53. The molecule has 1 atom stereocenters. The van der Waals surface area contributed by atoms with Gasteiger partial charge in [-0.05, 0) is 68.1 Å². The van der Waals surface area contributed by atoms with E-state index in [-0.39, 0.29) is 30.0 Å². The van der Waals surface area contributed by atoms with E-state index in [4.69, 9.17) is 0 Å². The third-order valence-electron chi connectivity index (χ3n) is 6.39. The van der Waals surface area contributed by atoms with Crippen LogP contribution in [0.3, 0.4) is 0 Å². The molecule has 0 radical (unpaired) electrons. The van der Waals surface area contributed by atoms with Gasteiger partial charge in [0.05, 0.1) is 40.8 Å². The summed E-state index contributed by atoms with van der Waals surface area (Å²) in [5.74, 6) is 2.77. The quantitative estimate of drug-likeness (QED) is 0.203. The summed E-state index contributed by atoms with van der Waals surface area (Å²) in [5, 5.41) is 7.12. The van der Waals surface area contributed by atoms with Crippen LogP contribution in [0.2, 0.25) is 0 Å². The second-order valence-electron chi connectivity index (χ2n) is 9.92. The Labute approximate surface area is 223 Å². The number of fused-ring (bicyclic) bond motifs is 1. The number of halogens is 5. The average Bonchev–Trinajstić information content (AvgIpc) is 3.14. The molecule has 204 valence electrons. The first-order chi connectivity index (χ1) is 17.7. The SMILES string of the molecule is CN1CCC(Nc2cccc3c(CC(F)(F)F)c(C#CCNc4ccc(P(C)(C)=O)cc4)sc23)C(F)(F)C1. The van der Waals surface area contributed by atoms with E-state index < -0.39 is 31.7 Å². The lowest BCUT2D eigenvalue weighted by Gasteiger charge is -2.37. The maximum absolute atomic E-state index is 14.6. The fourth-order valence-electron chi connectivity index (χ4n) is 4.45. The highest BCUT2D eigenvalue weighted by Gasteiger charge is 2.44. The molecule has 4 rings (SSSR count). The van der Waals surface area contributed by atoms with Gasteiger partial charge in [0.25, 0.3) is 5.92 Å². The van der Waals surface area contributed by atoms with Crippen LogP contribution in [0.25, 0.3) is 10.1 Å². The molecule has 1 unspecified atom stereocenters. The van der Waals surface area contributed by atoms with Gasteiger partial charge < -0.3 is 20.1 Å². The number of hydrogen-bond acceptors (Lipinski definition) is 5. The summed E-state index contributed by atoms with van der Waals surface area (Å²) in [4.78, 5) is 1.82. The number of hydrogen-bond donors (Lipinski definition) is 2. The molecule has 2 N–H and O–H groups in total. The monoisotopic (exact) mass is 569 g/mol. The molecular weight excluding hydrogens is 540 g/mol. The van der Waals surface area contributed by atoms with E-state index in [1.807, 2.05) is 0 Å². The molecule has 3 aromatic rings. The minimum absolute atomic E-state index is 0.0507. The number of nitrogens with one attached hydrogen (secondary N) is 2. The summed E-state index contributed by atoms with van der Waals surface area (Å²) in [6, 6.07) is 10.8. The van der Waals surface area contributed by atoms with Crippen molar-refractivity contribution in [2.75, 3.05) is 50.6 Å². The van der Waals surface area contributed by atoms with Gasteiger partial charge in [0, 0.05) is 17.5 Å². The smallest absolute Gasteiger partial charge is 0.375 e. The van der Waals surface area contributed by atoms with E-state index in [1.165, 1.54) is 0 Å². The summed E-state index contributed by atoms with van der Waals surface area (Å²) in [6.45, 7) is 3.67. The zero-order valence-corrected chi connectivity index (χ0v) is 23.0. The van der Waals surface area contributed by atoms with Crippen LogP contribution in [0.5, 0.6) is 0 Å². The minimum Gasteiger partial charge on any atom is -0.375 e. The highest BCUT2D eigenvalue weighted by Crippen LogP contribution is 2.40. The molecule has 2 heterocycles. The third-order valence-corrected chi connectivity index (χ3v) is 9.13. The summed E-state index contributed by atoms with van der Waals surface area (Å²) >= 11 is 1.08. The molecule has 0 spiro atoms. The fraction of sp³-hybridized carbons (Fsp3) is 0.407. The highest BCUT2D eigenvalue weighted by molar-refractivity contribution is 7.70. The predicted molar refractivity (Wildman–Crippen MR) is 147 cm³/mol. The average molecular weight is 570 g/mol. The van der Waals surface area contributed by atoms with E-state index in [0.29, 0.717) is 22.3 Å². The zero-order valence-electron chi connectivity index (χ0n) is 21.3. The highest BCUT2D eigenvalue weighted by atomic mass is 32.1. The number of thiophene rings is 1. The first kappa shape index (κ1) is 28.4. The van der Waals surface area contributed by atoms with Crippen LogP contribution in [0.1, 0.15) is 16.9 Å². The molecule has 0 aliphatic carbocycles. The van der Waals surface area contributed by atoms with Crippen molar-refractivity contribution in [1.82, 2.24) is 4.90 Å². The maximum atomic E-state index is 14.6. The normalized spacial score (nSPS) is 18.2. The third kappa shape index (κ3) is 6.88. The number of likely N-dealkylation sites (tertiary alicyclic amines) is 1. The number of rotatable bonds is 6. The summed E-state index contributed by atoms with van der Waals surface area (Å²) in [6.07, 6.45) is -5.39. The Hall–Kier alpha value is -2.60. The topological polar surface area (TPSA) is 44.4 Å². The molecule has 0 amide bonds. The number of benzene rings is 2. The molecular formula is C27H29F5N3OPS. The molecule has 0 saturated carbocycles. The van der Waals surface area contributed by atoms with E-state index in [0.717, 1.165) is 22.3 Å². The van der Waals surface area contributed by atoms with Gasteiger partial charge in [0.1, 0.15) is 7.14 Å². The standard InChI is InChI=1S/C27H29F5N3OPS/c1-35-15-13-24(26(28,29)17-35)34-22-7-4-6-20-21(16-27(30,31)32)23(38-25(20)22)8-5-14-33-18-9-11-19(12-10-18)37(2,3)36/h4,6-7,9-12,24,33-34H,13-17H2,1-3H3. The van der Waals surface area contributed by atoms with Crippen molar-refractivity contribution in [3.63, 3.8) is 0 Å². The molecule has 1 aliphatic rings. The van der Waals surface area contributed by atoms with Crippen molar-refractivity contribution in [3.05, 3.63) is 52.9 Å². The van der Waals surface area contributed by atoms with Crippen molar-refractivity contribution in [3.8, 4) is 11.8 Å². The second-order valence-corrected chi connectivity index (χ2v) is 14.2. The van der Waals surface area contributed by atoms with E-state index in [9.17, 15) is 26.5 Å². The van der Waals surface area contributed by atoms with E-state index in [2.05, 4.69) is 22.5 Å². The Morgan fingerprint density at radius 3 is 2.50 bits per heavy atom. The van der Waals surface area contributed by atoms with E-state index >= 15 is 0 Å². The summed E-state index contributed by atoms with van der Waals surface area (Å²) < 4.78 is 82.3. The van der Waals surface area contributed by atoms with Crippen molar-refractivity contribution in [2.45, 2.75) is 31.0 Å². The van der Waals surface area contributed by atoms with Gasteiger partial charge in [0.15, 0.2) is 0 Å². The number of piperidine rings is 1. The molecule has 1 aromatic heterocycles. The van der Waals surface area contributed by atoms with Crippen LogP contribution in [-0.2, 0) is 11.0 Å². The summed E-state index contributed by atoms with van der Waals surface area (Å²) in [7, 11) is -0.733. The summed E-state index contributed by atoms with van der Waals surface area (Å²) in [5.41, 5.74) is 1.18. The Balaban J connectivity index is 1.59. The Morgan fingerprint density at radius 2 is 1.87 bits per heavy atom. The van der Waals surface area contributed by atoms with Crippen LogP contribution in [0.4, 0.5) is 33.3 Å². The van der Waals surface area contributed by atoms with Crippen LogP contribution >= 0.6 is 18.5 Å². The van der Waals surface area contributed by atoms with Gasteiger partial charge in [-0.15, -0.1) is 11.3 Å². The Bertz CT molecular complexity index is 1400. The van der Waals surface area contributed by atoms with Gasteiger partial charge in [-0.2, -0.15) is 13.2 Å². The Kier molecular flexibility index (Phi) is 8.13. The van der Waals surface area contributed by atoms with Crippen molar-refractivity contribution >= 4 is 45.2 Å². The minimum atomic E-state index is -4.45. The van der Waals surface area contributed by atoms with Crippen LogP contribution in [0, 0.1) is 11.8 Å². The van der Waals surface area contributed by atoms with Crippen LogP contribution in [0.15, 0.2) is 42.5 Å². The molecule has 1 fully saturated rings. The number of nitrogens with zero attached hydrogens (tertiary/aromatic N) is 1. The molecule has 11 heteroatoms. The predicted octanol–water partition coefficient (Wildman–Crippen LogP) is 6.47. The molecule has 0 bridgehead atoms. The first-order valence-electron chi connectivity index (χ1n) is 12.1. The maximum Gasteiger partial charge on any atom is 0.393 e.